The Hall–Kier alpha value is -0.930. The highest BCUT2D eigenvalue weighted by Gasteiger charge is 2.10. The van der Waals surface area contributed by atoms with Crippen molar-refractivity contribution in [1.82, 2.24) is 10.3 Å². The molecule has 0 aliphatic carbocycles. The monoisotopic (exact) mass is 194 g/mol. The fraction of sp³-hybridized carbons (Fsp3) is 0.545. The zero-order chi connectivity index (χ0) is 10.6. The van der Waals surface area contributed by atoms with Crippen LogP contribution in [0.1, 0.15) is 25.1 Å². The van der Waals surface area contributed by atoms with Gasteiger partial charge >= 0.3 is 0 Å². The van der Waals surface area contributed by atoms with Gasteiger partial charge in [0.25, 0.3) is 0 Å². The standard InChI is InChI=1S/C11H18N2O/c1-9-4-5-10(7-13-9)6-12-8-11(2,3)14/h4-5,7,12,14H,6,8H2,1-3H3. The molecule has 0 atom stereocenters. The third-order valence-electron chi connectivity index (χ3n) is 1.86. The maximum absolute atomic E-state index is 9.46. The molecule has 1 aromatic heterocycles. The molecule has 0 spiro atoms. The summed E-state index contributed by atoms with van der Waals surface area (Å²) in [4.78, 5) is 4.19. The molecule has 1 rings (SSSR count). The molecule has 0 saturated heterocycles. The van der Waals surface area contributed by atoms with Crippen molar-refractivity contribution in [3.05, 3.63) is 29.6 Å². The van der Waals surface area contributed by atoms with Crippen LogP contribution in [0.4, 0.5) is 0 Å². The third kappa shape index (κ3) is 4.35. The van der Waals surface area contributed by atoms with E-state index in [1.54, 1.807) is 13.8 Å². The van der Waals surface area contributed by atoms with E-state index in [9.17, 15) is 5.11 Å². The van der Waals surface area contributed by atoms with E-state index in [2.05, 4.69) is 10.3 Å². The first-order chi connectivity index (χ1) is 6.47. The molecule has 0 aliphatic heterocycles. The van der Waals surface area contributed by atoms with Crippen LogP contribution in [0.2, 0.25) is 0 Å². The molecule has 0 bridgehead atoms. The molecule has 78 valence electrons. The molecule has 0 fully saturated rings. The molecule has 3 nitrogen and oxygen atoms in total. The van der Waals surface area contributed by atoms with Gasteiger partial charge in [-0.25, -0.2) is 0 Å². The van der Waals surface area contributed by atoms with Gasteiger partial charge < -0.3 is 10.4 Å². The topological polar surface area (TPSA) is 45.1 Å². The number of nitrogens with one attached hydrogen (secondary N) is 1. The molecule has 0 saturated carbocycles. The van der Waals surface area contributed by atoms with Gasteiger partial charge in [-0.3, -0.25) is 4.98 Å². The van der Waals surface area contributed by atoms with Gasteiger partial charge in [-0.2, -0.15) is 0 Å². The lowest BCUT2D eigenvalue weighted by Crippen LogP contribution is -2.34. The molecule has 0 unspecified atom stereocenters. The van der Waals surface area contributed by atoms with Crippen molar-refractivity contribution >= 4 is 0 Å². The Balaban J connectivity index is 2.35. The summed E-state index contributed by atoms with van der Waals surface area (Å²) < 4.78 is 0. The second-order valence-corrected chi connectivity index (χ2v) is 4.22. The summed E-state index contributed by atoms with van der Waals surface area (Å²) in [5, 5.41) is 12.6. The predicted octanol–water partition coefficient (Wildman–Crippen LogP) is 1.25. The van der Waals surface area contributed by atoms with Crippen molar-refractivity contribution in [2.45, 2.75) is 32.9 Å². The van der Waals surface area contributed by atoms with E-state index >= 15 is 0 Å². The molecule has 0 amide bonds. The van der Waals surface area contributed by atoms with Gasteiger partial charge in [0.05, 0.1) is 5.60 Å². The minimum atomic E-state index is -0.655. The number of aliphatic hydroxyl groups is 1. The van der Waals surface area contributed by atoms with E-state index < -0.39 is 5.60 Å². The summed E-state index contributed by atoms with van der Waals surface area (Å²) in [5.74, 6) is 0. The second kappa shape index (κ2) is 4.53. The largest absolute Gasteiger partial charge is 0.389 e. The van der Waals surface area contributed by atoms with E-state index in [-0.39, 0.29) is 0 Å². The number of hydrogen-bond acceptors (Lipinski definition) is 3. The van der Waals surface area contributed by atoms with E-state index in [0.29, 0.717) is 6.54 Å². The number of rotatable bonds is 4. The minimum absolute atomic E-state index is 0.584. The predicted molar refractivity (Wildman–Crippen MR) is 57.0 cm³/mol. The lowest BCUT2D eigenvalue weighted by atomic mass is 10.1. The van der Waals surface area contributed by atoms with Gasteiger partial charge in [0.2, 0.25) is 0 Å². The van der Waals surface area contributed by atoms with Crippen LogP contribution in [0.15, 0.2) is 18.3 Å². The van der Waals surface area contributed by atoms with Gasteiger partial charge in [0, 0.05) is 25.0 Å². The number of aryl methyl sites for hydroxylation is 1. The summed E-state index contributed by atoms with van der Waals surface area (Å²) >= 11 is 0. The zero-order valence-electron chi connectivity index (χ0n) is 9.04. The van der Waals surface area contributed by atoms with Gasteiger partial charge in [-0.05, 0) is 32.4 Å². The van der Waals surface area contributed by atoms with Crippen molar-refractivity contribution in [3.63, 3.8) is 0 Å². The molecule has 14 heavy (non-hydrogen) atoms. The highest BCUT2D eigenvalue weighted by Crippen LogP contribution is 2.01. The average molecular weight is 194 g/mol. The Morgan fingerprint density at radius 2 is 2.14 bits per heavy atom. The van der Waals surface area contributed by atoms with E-state index in [1.165, 1.54) is 0 Å². The minimum Gasteiger partial charge on any atom is -0.389 e. The highest BCUT2D eigenvalue weighted by molar-refractivity contribution is 5.12. The van der Waals surface area contributed by atoms with Gasteiger partial charge in [0.15, 0.2) is 0 Å². The first-order valence-electron chi connectivity index (χ1n) is 4.82. The van der Waals surface area contributed by atoms with Crippen LogP contribution in [-0.4, -0.2) is 22.2 Å². The highest BCUT2D eigenvalue weighted by atomic mass is 16.3. The summed E-state index contributed by atoms with van der Waals surface area (Å²) in [7, 11) is 0. The maximum atomic E-state index is 9.46. The van der Waals surface area contributed by atoms with Gasteiger partial charge in [0.1, 0.15) is 0 Å². The Labute approximate surface area is 85.2 Å². The van der Waals surface area contributed by atoms with Crippen molar-refractivity contribution < 1.29 is 5.11 Å². The molecule has 0 radical (unpaired) electrons. The van der Waals surface area contributed by atoms with E-state index in [1.807, 2.05) is 25.3 Å². The molecular weight excluding hydrogens is 176 g/mol. The van der Waals surface area contributed by atoms with Crippen LogP contribution >= 0.6 is 0 Å². The van der Waals surface area contributed by atoms with Crippen molar-refractivity contribution in [2.24, 2.45) is 0 Å². The van der Waals surface area contributed by atoms with Gasteiger partial charge in [-0.1, -0.05) is 6.07 Å². The maximum Gasteiger partial charge on any atom is 0.0715 e. The molecular formula is C11H18N2O. The average Bonchev–Trinajstić information content (AvgIpc) is 2.06. The SMILES string of the molecule is Cc1ccc(CNCC(C)(C)O)cn1. The van der Waals surface area contributed by atoms with Crippen LogP contribution in [-0.2, 0) is 6.54 Å². The molecule has 1 aromatic rings. The normalized spacial score (nSPS) is 11.7. The summed E-state index contributed by atoms with van der Waals surface area (Å²) in [5.41, 5.74) is 1.51. The fourth-order valence-corrected chi connectivity index (χ4v) is 1.12. The van der Waals surface area contributed by atoms with E-state index in [4.69, 9.17) is 0 Å². The van der Waals surface area contributed by atoms with Crippen LogP contribution in [0.25, 0.3) is 0 Å². The molecule has 1 heterocycles. The summed E-state index contributed by atoms with van der Waals surface area (Å²) in [6.07, 6.45) is 1.85. The van der Waals surface area contributed by atoms with E-state index in [0.717, 1.165) is 17.8 Å². The number of hydrogen-bond donors (Lipinski definition) is 2. The lowest BCUT2D eigenvalue weighted by molar-refractivity contribution is 0.0795. The smallest absolute Gasteiger partial charge is 0.0715 e. The van der Waals surface area contributed by atoms with Crippen molar-refractivity contribution in [3.8, 4) is 0 Å². The Bertz CT molecular complexity index is 274. The Morgan fingerprint density at radius 1 is 1.43 bits per heavy atom. The Morgan fingerprint density at radius 3 is 2.64 bits per heavy atom. The zero-order valence-corrected chi connectivity index (χ0v) is 9.04. The van der Waals surface area contributed by atoms with Crippen molar-refractivity contribution in [2.75, 3.05) is 6.54 Å². The number of aromatic nitrogens is 1. The van der Waals surface area contributed by atoms with Gasteiger partial charge in [-0.15, -0.1) is 0 Å². The first-order valence-corrected chi connectivity index (χ1v) is 4.82. The molecule has 2 N–H and O–H groups in total. The number of pyridine rings is 1. The molecule has 0 aliphatic rings. The lowest BCUT2D eigenvalue weighted by Gasteiger charge is -2.17. The molecule has 3 heteroatoms. The Kier molecular flexibility index (Phi) is 3.61. The third-order valence-corrected chi connectivity index (χ3v) is 1.86. The summed E-state index contributed by atoms with van der Waals surface area (Å²) in [6, 6.07) is 4.03. The van der Waals surface area contributed by atoms with Crippen LogP contribution in [0.5, 0.6) is 0 Å². The summed E-state index contributed by atoms with van der Waals surface area (Å²) in [6.45, 7) is 6.87. The van der Waals surface area contributed by atoms with Crippen LogP contribution in [0.3, 0.4) is 0 Å². The number of nitrogens with zero attached hydrogens (tertiary/aromatic N) is 1. The second-order valence-electron chi connectivity index (χ2n) is 4.22. The quantitative estimate of drug-likeness (QED) is 0.758. The molecule has 0 aromatic carbocycles. The van der Waals surface area contributed by atoms with Crippen LogP contribution < -0.4 is 5.32 Å². The first kappa shape index (κ1) is 11.1. The van der Waals surface area contributed by atoms with Crippen LogP contribution in [0, 0.1) is 6.92 Å². The fourth-order valence-electron chi connectivity index (χ4n) is 1.12. The van der Waals surface area contributed by atoms with Crippen molar-refractivity contribution in [1.29, 1.82) is 0 Å².